The monoisotopic (exact) mass is 537 g/mol. The Balaban J connectivity index is 1.45. The highest BCUT2D eigenvalue weighted by molar-refractivity contribution is 6.08. The number of alkyl halides is 3. The number of anilines is 2. The largest absolute Gasteiger partial charge is 0.417 e. The zero-order valence-electron chi connectivity index (χ0n) is 20.5. The van der Waals surface area contributed by atoms with Gasteiger partial charge in [-0.1, -0.05) is 0 Å². The smallest absolute Gasteiger partial charge is 0.382 e. The Morgan fingerprint density at radius 2 is 1.92 bits per heavy atom. The molecule has 1 amide bonds. The zero-order chi connectivity index (χ0) is 27.6. The van der Waals surface area contributed by atoms with Crippen molar-refractivity contribution in [3.8, 4) is 0 Å². The minimum absolute atomic E-state index is 0.162. The van der Waals surface area contributed by atoms with Gasteiger partial charge in [0.2, 0.25) is 0 Å². The molecule has 0 atom stereocenters. The van der Waals surface area contributed by atoms with E-state index in [4.69, 9.17) is 5.73 Å². The summed E-state index contributed by atoms with van der Waals surface area (Å²) in [5.74, 6) is -1.36. The number of fused-ring (bicyclic) bond motifs is 4. The van der Waals surface area contributed by atoms with Crippen LogP contribution in [0, 0.1) is 12.7 Å². The number of nitrogen functional groups attached to an aromatic ring is 1. The van der Waals surface area contributed by atoms with Crippen LogP contribution in [-0.4, -0.2) is 39.4 Å². The minimum atomic E-state index is -4.53. The maximum absolute atomic E-state index is 15.4. The van der Waals surface area contributed by atoms with Crippen molar-refractivity contribution in [1.29, 1.82) is 0 Å². The van der Waals surface area contributed by atoms with Gasteiger partial charge in [-0.25, -0.2) is 19.3 Å². The van der Waals surface area contributed by atoms with E-state index in [1.54, 1.807) is 24.6 Å². The summed E-state index contributed by atoms with van der Waals surface area (Å²) in [5.41, 5.74) is 7.65. The molecule has 39 heavy (non-hydrogen) atoms. The van der Waals surface area contributed by atoms with E-state index >= 15 is 4.39 Å². The topological polar surface area (TPSA) is 112 Å². The van der Waals surface area contributed by atoms with Crippen LogP contribution in [0.3, 0.4) is 0 Å². The predicted molar refractivity (Wildman–Crippen MR) is 134 cm³/mol. The van der Waals surface area contributed by atoms with Gasteiger partial charge >= 0.3 is 6.18 Å². The Kier molecular flexibility index (Phi) is 5.31. The molecule has 0 aliphatic rings. The van der Waals surface area contributed by atoms with Crippen molar-refractivity contribution in [3.05, 3.63) is 83.7 Å². The molecule has 0 bridgehead atoms. The highest BCUT2D eigenvalue weighted by Gasteiger charge is 2.31. The van der Waals surface area contributed by atoms with Crippen LogP contribution in [0.25, 0.3) is 22.2 Å². The molecule has 6 aromatic rings. The molecule has 0 radical (unpaired) electrons. The number of carbonyl (C=O) groups excluding carboxylic acids is 1. The highest BCUT2D eigenvalue weighted by Crippen LogP contribution is 2.30. The fourth-order valence-electron chi connectivity index (χ4n) is 4.53. The summed E-state index contributed by atoms with van der Waals surface area (Å²) >= 11 is 0. The quantitative estimate of drug-likeness (QED) is 0.338. The second kappa shape index (κ2) is 8.51. The number of carbonyl (C=O) groups is 1. The molecule has 6 rings (SSSR count). The lowest BCUT2D eigenvalue weighted by atomic mass is 10.1. The van der Waals surface area contributed by atoms with Gasteiger partial charge in [-0.15, -0.1) is 0 Å². The van der Waals surface area contributed by atoms with Crippen LogP contribution >= 0.6 is 0 Å². The Morgan fingerprint density at radius 1 is 1.13 bits per heavy atom. The summed E-state index contributed by atoms with van der Waals surface area (Å²) in [6.07, 6.45) is 2.29. The first kappa shape index (κ1) is 24.3. The summed E-state index contributed by atoms with van der Waals surface area (Å²) in [7, 11) is 1.65. The van der Waals surface area contributed by atoms with Crippen molar-refractivity contribution in [2.24, 2.45) is 7.05 Å². The van der Waals surface area contributed by atoms with E-state index in [1.165, 1.54) is 44.8 Å². The number of imidazole rings is 2. The average Bonchev–Trinajstić information content (AvgIpc) is 3.59. The Morgan fingerprint density at radius 3 is 2.64 bits per heavy atom. The van der Waals surface area contributed by atoms with Crippen molar-refractivity contribution in [3.63, 3.8) is 0 Å². The van der Waals surface area contributed by atoms with Gasteiger partial charge in [0.1, 0.15) is 29.1 Å². The predicted octanol–water partition coefficient (Wildman–Crippen LogP) is 4.16. The van der Waals surface area contributed by atoms with Crippen molar-refractivity contribution < 1.29 is 22.4 Å². The summed E-state index contributed by atoms with van der Waals surface area (Å²) in [4.78, 5) is 28.0. The number of rotatable bonds is 4. The molecule has 198 valence electrons. The molecule has 0 saturated carbocycles. The van der Waals surface area contributed by atoms with E-state index in [0.29, 0.717) is 22.4 Å². The summed E-state index contributed by atoms with van der Waals surface area (Å²) in [6.45, 7) is 1.59. The summed E-state index contributed by atoms with van der Waals surface area (Å²) < 4.78 is 59.2. The average molecular weight is 537 g/mol. The zero-order valence-corrected chi connectivity index (χ0v) is 20.5. The standard InChI is InChI=1S/C25H19F4N9O/c1-13-22-23(30)34-19-6-18(26)17(5-20(19)38(22)12-31-13)24(39)37(16-7-32-35(2)11-16)10-15-9-36-8-14(25(27,28)29)3-4-21(36)33-15/h3-9,11-12H,10H2,1-2H3,(H2,30,34). The van der Waals surface area contributed by atoms with Gasteiger partial charge in [0.15, 0.2) is 0 Å². The minimum Gasteiger partial charge on any atom is -0.382 e. The molecule has 5 heterocycles. The van der Waals surface area contributed by atoms with E-state index in [1.807, 2.05) is 0 Å². The van der Waals surface area contributed by atoms with Gasteiger partial charge < -0.3 is 10.1 Å². The summed E-state index contributed by atoms with van der Waals surface area (Å²) in [6, 6.07) is 4.66. The summed E-state index contributed by atoms with van der Waals surface area (Å²) in [5, 5.41) is 4.10. The van der Waals surface area contributed by atoms with Crippen LogP contribution in [0.15, 0.2) is 55.4 Å². The Bertz CT molecular complexity index is 1920. The van der Waals surface area contributed by atoms with Crippen molar-refractivity contribution in [2.45, 2.75) is 19.6 Å². The van der Waals surface area contributed by atoms with Crippen LogP contribution in [0.2, 0.25) is 0 Å². The third-order valence-corrected chi connectivity index (χ3v) is 6.38. The fourth-order valence-corrected chi connectivity index (χ4v) is 4.53. The van der Waals surface area contributed by atoms with Crippen LogP contribution < -0.4 is 10.6 Å². The Hall–Kier alpha value is -5.01. The first-order chi connectivity index (χ1) is 18.5. The third-order valence-electron chi connectivity index (χ3n) is 6.38. The number of amides is 1. The number of halogens is 4. The van der Waals surface area contributed by atoms with Gasteiger partial charge in [-0.3, -0.25) is 18.8 Å². The second-order valence-electron chi connectivity index (χ2n) is 9.04. The van der Waals surface area contributed by atoms with Gasteiger partial charge in [-0.2, -0.15) is 18.3 Å². The van der Waals surface area contributed by atoms with Crippen LogP contribution in [0.1, 0.15) is 27.3 Å². The molecule has 1 aromatic carbocycles. The van der Waals surface area contributed by atoms with Gasteiger partial charge in [0, 0.05) is 31.7 Å². The number of nitrogens with zero attached hydrogens (tertiary/aromatic N) is 8. The number of aromatic nitrogens is 7. The van der Waals surface area contributed by atoms with Gasteiger partial charge in [-0.05, 0) is 25.1 Å². The van der Waals surface area contributed by atoms with E-state index in [9.17, 15) is 18.0 Å². The number of hydrogen-bond acceptors (Lipinski definition) is 6. The number of pyridine rings is 1. The third kappa shape index (κ3) is 4.09. The lowest BCUT2D eigenvalue weighted by molar-refractivity contribution is -0.137. The normalized spacial score (nSPS) is 12.2. The molecule has 14 heteroatoms. The number of hydrogen-bond donors (Lipinski definition) is 1. The molecule has 0 saturated heterocycles. The van der Waals surface area contributed by atoms with Crippen molar-refractivity contribution >= 4 is 39.6 Å². The fraction of sp³-hybridized carbons (Fsp3) is 0.160. The molecule has 0 fully saturated rings. The van der Waals surface area contributed by atoms with Crippen LogP contribution in [0.5, 0.6) is 0 Å². The van der Waals surface area contributed by atoms with E-state index in [0.717, 1.165) is 18.3 Å². The molecular weight excluding hydrogens is 518 g/mol. The van der Waals surface area contributed by atoms with Crippen molar-refractivity contribution in [1.82, 2.24) is 33.5 Å². The molecule has 0 aliphatic heterocycles. The SMILES string of the molecule is Cc1ncn2c1c(N)nc1cc(F)c(C(=O)N(Cc3cn4cc(C(F)(F)F)ccc4n3)c3cnn(C)c3)cc12. The lowest BCUT2D eigenvalue weighted by Crippen LogP contribution is -2.31. The number of aryl methyl sites for hydroxylation is 2. The molecule has 0 unspecified atom stereocenters. The molecule has 10 nitrogen and oxygen atoms in total. The van der Waals surface area contributed by atoms with E-state index in [2.05, 4.69) is 20.1 Å². The van der Waals surface area contributed by atoms with Gasteiger partial charge in [0.05, 0.1) is 52.0 Å². The molecule has 2 N–H and O–H groups in total. The van der Waals surface area contributed by atoms with Crippen LogP contribution in [-0.2, 0) is 19.8 Å². The van der Waals surface area contributed by atoms with Gasteiger partial charge in [0.25, 0.3) is 5.91 Å². The first-order valence-corrected chi connectivity index (χ1v) is 11.6. The first-order valence-electron chi connectivity index (χ1n) is 11.6. The second-order valence-corrected chi connectivity index (χ2v) is 9.04. The number of benzene rings is 1. The van der Waals surface area contributed by atoms with E-state index in [-0.39, 0.29) is 34.8 Å². The Labute approximate surface area is 216 Å². The van der Waals surface area contributed by atoms with E-state index < -0.39 is 23.5 Å². The van der Waals surface area contributed by atoms with Crippen LogP contribution in [0.4, 0.5) is 29.1 Å². The van der Waals surface area contributed by atoms with Crippen molar-refractivity contribution in [2.75, 3.05) is 10.6 Å². The highest BCUT2D eigenvalue weighted by atomic mass is 19.4. The molecule has 0 aliphatic carbocycles. The molecular formula is C25H19F4N9O. The lowest BCUT2D eigenvalue weighted by Gasteiger charge is -2.21. The molecule has 0 spiro atoms. The maximum atomic E-state index is 15.4. The number of nitrogens with two attached hydrogens (primary N) is 1. The molecule has 5 aromatic heterocycles. The maximum Gasteiger partial charge on any atom is 0.417 e.